The SMILES string of the molecule is CN(C)CCCN(CCNC(=O)C1CCOCC1)S(C)(=O)=O. The summed E-state index contributed by atoms with van der Waals surface area (Å²) >= 11 is 0. The van der Waals surface area contributed by atoms with Gasteiger partial charge in [-0.05, 0) is 39.9 Å². The first-order valence-corrected chi connectivity index (χ1v) is 9.61. The second-order valence-corrected chi connectivity index (χ2v) is 7.98. The zero-order valence-corrected chi connectivity index (χ0v) is 14.7. The molecule has 0 atom stereocenters. The number of rotatable bonds is 9. The summed E-state index contributed by atoms with van der Waals surface area (Å²) < 4.78 is 30.2. The third-order valence-corrected chi connectivity index (χ3v) is 5.04. The number of hydrogen-bond acceptors (Lipinski definition) is 5. The third-order valence-electron chi connectivity index (χ3n) is 3.73. The molecule has 0 bridgehead atoms. The van der Waals surface area contributed by atoms with Crippen LogP contribution < -0.4 is 5.32 Å². The number of carbonyl (C=O) groups is 1. The van der Waals surface area contributed by atoms with Crippen LogP contribution in [0.3, 0.4) is 0 Å². The van der Waals surface area contributed by atoms with Gasteiger partial charge in [0.1, 0.15) is 0 Å². The van der Waals surface area contributed by atoms with E-state index in [1.165, 1.54) is 10.6 Å². The number of ether oxygens (including phenoxy) is 1. The van der Waals surface area contributed by atoms with Crippen LogP contribution in [0, 0.1) is 5.92 Å². The smallest absolute Gasteiger partial charge is 0.223 e. The maximum Gasteiger partial charge on any atom is 0.223 e. The third kappa shape index (κ3) is 7.53. The zero-order chi connectivity index (χ0) is 16.6. The van der Waals surface area contributed by atoms with Crippen molar-refractivity contribution in [2.24, 2.45) is 5.92 Å². The lowest BCUT2D eigenvalue weighted by Crippen LogP contribution is -2.41. The molecule has 8 heteroatoms. The summed E-state index contributed by atoms with van der Waals surface area (Å²) in [6.45, 7) is 3.23. The van der Waals surface area contributed by atoms with E-state index in [9.17, 15) is 13.2 Å². The standard InChI is InChI=1S/C14H29N3O4S/c1-16(2)8-4-9-17(22(3,19)20)10-7-15-14(18)13-5-11-21-12-6-13/h13H,4-12H2,1-3H3,(H,15,18). The van der Waals surface area contributed by atoms with Crippen LogP contribution in [0.15, 0.2) is 0 Å². The fourth-order valence-electron chi connectivity index (χ4n) is 2.41. The highest BCUT2D eigenvalue weighted by atomic mass is 32.2. The molecule has 1 aliphatic rings. The number of sulfonamides is 1. The van der Waals surface area contributed by atoms with E-state index >= 15 is 0 Å². The van der Waals surface area contributed by atoms with Crippen molar-refractivity contribution in [3.8, 4) is 0 Å². The van der Waals surface area contributed by atoms with Gasteiger partial charge in [-0.25, -0.2) is 12.7 Å². The molecule has 1 amide bonds. The van der Waals surface area contributed by atoms with Crippen molar-refractivity contribution in [3.63, 3.8) is 0 Å². The van der Waals surface area contributed by atoms with Gasteiger partial charge in [-0.15, -0.1) is 0 Å². The molecule has 7 nitrogen and oxygen atoms in total. The highest BCUT2D eigenvalue weighted by Gasteiger charge is 2.22. The maximum atomic E-state index is 12.0. The van der Waals surface area contributed by atoms with Gasteiger partial charge >= 0.3 is 0 Å². The minimum atomic E-state index is -3.24. The zero-order valence-electron chi connectivity index (χ0n) is 13.9. The molecule has 0 radical (unpaired) electrons. The molecule has 0 aliphatic carbocycles. The van der Waals surface area contributed by atoms with Crippen molar-refractivity contribution < 1.29 is 17.9 Å². The summed E-state index contributed by atoms with van der Waals surface area (Å²) in [5.74, 6) is -0.000725. The first-order valence-electron chi connectivity index (χ1n) is 7.76. The molecule has 0 saturated carbocycles. The van der Waals surface area contributed by atoms with Crippen molar-refractivity contribution in [1.29, 1.82) is 0 Å². The molecular formula is C14H29N3O4S. The molecule has 0 aromatic heterocycles. The fraction of sp³-hybridized carbons (Fsp3) is 0.929. The summed E-state index contributed by atoms with van der Waals surface area (Å²) in [6, 6.07) is 0. The predicted octanol–water partition coefficient (Wildman–Crippen LogP) is -0.257. The van der Waals surface area contributed by atoms with E-state index in [1.54, 1.807) is 0 Å². The van der Waals surface area contributed by atoms with E-state index < -0.39 is 10.0 Å². The maximum absolute atomic E-state index is 12.0. The van der Waals surface area contributed by atoms with Crippen LogP contribution in [0.25, 0.3) is 0 Å². The first kappa shape index (κ1) is 19.3. The number of nitrogens with one attached hydrogen (secondary N) is 1. The summed E-state index contributed by atoms with van der Waals surface area (Å²) in [5.41, 5.74) is 0. The molecule has 1 fully saturated rings. The molecule has 130 valence electrons. The van der Waals surface area contributed by atoms with Gasteiger partial charge in [-0.2, -0.15) is 0 Å². The Hall–Kier alpha value is -0.700. The normalized spacial score (nSPS) is 17.1. The lowest BCUT2D eigenvalue weighted by molar-refractivity contribution is -0.127. The Balaban J connectivity index is 2.34. The van der Waals surface area contributed by atoms with Crippen molar-refractivity contribution in [2.45, 2.75) is 19.3 Å². The molecular weight excluding hydrogens is 306 g/mol. The Bertz CT molecular complexity index is 433. The fourth-order valence-corrected chi connectivity index (χ4v) is 3.30. The molecule has 22 heavy (non-hydrogen) atoms. The average Bonchev–Trinajstić information content (AvgIpc) is 2.45. The lowest BCUT2D eigenvalue weighted by atomic mass is 9.99. The van der Waals surface area contributed by atoms with Crippen LogP contribution >= 0.6 is 0 Å². The monoisotopic (exact) mass is 335 g/mol. The Labute approximate surface area is 134 Å². The van der Waals surface area contributed by atoms with E-state index in [0.29, 0.717) is 32.8 Å². The van der Waals surface area contributed by atoms with Crippen LogP contribution in [0.4, 0.5) is 0 Å². The molecule has 0 spiro atoms. The lowest BCUT2D eigenvalue weighted by Gasteiger charge is -2.23. The van der Waals surface area contributed by atoms with Gasteiger partial charge in [0.25, 0.3) is 0 Å². The van der Waals surface area contributed by atoms with Crippen LogP contribution in [0.1, 0.15) is 19.3 Å². The Morgan fingerprint density at radius 3 is 2.36 bits per heavy atom. The molecule has 1 N–H and O–H groups in total. The number of amides is 1. The van der Waals surface area contributed by atoms with E-state index in [4.69, 9.17) is 4.74 Å². The molecule has 0 aromatic carbocycles. The van der Waals surface area contributed by atoms with Gasteiger partial charge < -0.3 is 15.0 Å². The number of nitrogens with zero attached hydrogens (tertiary/aromatic N) is 2. The van der Waals surface area contributed by atoms with Crippen molar-refractivity contribution in [3.05, 3.63) is 0 Å². The van der Waals surface area contributed by atoms with E-state index in [-0.39, 0.29) is 11.8 Å². The first-order chi connectivity index (χ1) is 10.3. The largest absolute Gasteiger partial charge is 0.381 e. The quantitative estimate of drug-likeness (QED) is 0.628. The van der Waals surface area contributed by atoms with Gasteiger partial charge in [0.15, 0.2) is 0 Å². The second-order valence-electron chi connectivity index (χ2n) is 6.00. The molecule has 0 aromatic rings. The van der Waals surface area contributed by atoms with Crippen molar-refractivity contribution in [2.75, 3.05) is 59.7 Å². The van der Waals surface area contributed by atoms with Crippen LogP contribution in [0.2, 0.25) is 0 Å². The molecule has 1 aliphatic heterocycles. The highest BCUT2D eigenvalue weighted by molar-refractivity contribution is 7.88. The Morgan fingerprint density at radius 2 is 1.82 bits per heavy atom. The topological polar surface area (TPSA) is 79.0 Å². The van der Waals surface area contributed by atoms with Crippen LogP contribution in [-0.4, -0.2) is 83.3 Å². The van der Waals surface area contributed by atoms with Gasteiger partial charge in [0.05, 0.1) is 6.26 Å². The summed E-state index contributed by atoms with van der Waals surface area (Å²) in [6.07, 6.45) is 3.46. The van der Waals surface area contributed by atoms with Crippen LogP contribution in [-0.2, 0) is 19.6 Å². The number of carbonyl (C=O) groups excluding carboxylic acids is 1. The van der Waals surface area contributed by atoms with Gasteiger partial charge in [-0.3, -0.25) is 4.79 Å². The molecule has 1 heterocycles. The van der Waals surface area contributed by atoms with E-state index in [1.807, 2.05) is 19.0 Å². The molecule has 1 rings (SSSR count). The summed E-state index contributed by atoms with van der Waals surface area (Å²) in [7, 11) is 0.672. The number of hydrogen-bond donors (Lipinski definition) is 1. The second kappa shape index (κ2) is 9.44. The minimum Gasteiger partial charge on any atom is -0.381 e. The summed E-state index contributed by atoms with van der Waals surface area (Å²) in [5, 5.41) is 2.84. The van der Waals surface area contributed by atoms with Gasteiger partial charge in [-0.1, -0.05) is 0 Å². The summed E-state index contributed by atoms with van der Waals surface area (Å²) in [4.78, 5) is 14.0. The van der Waals surface area contributed by atoms with Crippen LogP contribution in [0.5, 0.6) is 0 Å². The predicted molar refractivity (Wildman–Crippen MR) is 86.1 cm³/mol. The minimum absolute atomic E-state index is 0.00467. The average molecular weight is 335 g/mol. The van der Waals surface area contributed by atoms with Crippen molar-refractivity contribution >= 4 is 15.9 Å². The molecule has 0 unspecified atom stereocenters. The Kier molecular flexibility index (Phi) is 8.30. The highest BCUT2D eigenvalue weighted by Crippen LogP contribution is 2.14. The Morgan fingerprint density at radius 1 is 1.18 bits per heavy atom. The van der Waals surface area contributed by atoms with E-state index in [0.717, 1.165) is 25.8 Å². The molecule has 1 saturated heterocycles. The van der Waals surface area contributed by atoms with Gasteiger partial charge in [0, 0.05) is 38.8 Å². The van der Waals surface area contributed by atoms with Gasteiger partial charge in [0.2, 0.25) is 15.9 Å². The van der Waals surface area contributed by atoms with E-state index in [2.05, 4.69) is 5.32 Å². The van der Waals surface area contributed by atoms with Crippen molar-refractivity contribution in [1.82, 2.24) is 14.5 Å².